The Morgan fingerprint density at radius 3 is 1.91 bits per heavy atom. The van der Waals surface area contributed by atoms with Gasteiger partial charge in [0.25, 0.3) is 0 Å². The molecule has 0 amide bonds. The molecule has 0 fully saturated rings. The van der Waals surface area contributed by atoms with Crippen LogP contribution in [0.15, 0.2) is 158 Å². The van der Waals surface area contributed by atoms with E-state index in [-0.39, 0.29) is 42.7 Å². The molecule has 0 bridgehead atoms. The number of benzene rings is 6. The number of aromatic nitrogens is 2. The van der Waals surface area contributed by atoms with Gasteiger partial charge in [0.15, 0.2) is 0 Å². The summed E-state index contributed by atoms with van der Waals surface area (Å²) in [6.07, 6.45) is 4.15. The van der Waals surface area contributed by atoms with Gasteiger partial charge in [-0.2, -0.15) is 6.07 Å². The van der Waals surface area contributed by atoms with Crippen LogP contribution in [0.25, 0.3) is 38.8 Å². The van der Waals surface area contributed by atoms with E-state index in [9.17, 15) is 0 Å². The molecule has 6 heteroatoms. The molecular formula is C59H59N4OPt-3. The summed E-state index contributed by atoms with van der Waals surface area (Å²) in [7, 11) is 0. The molecule has 5 nitrogen and oxygen atoms in total. The van der Waals surface area contributed by atoms with Crippen molar-refractivity contribution in [1.29, 1.82) is 0 Å². The van der Waals surface area contributed by atoms with E-state index >= 15 is 0 Å². The average Bonchev–Trinajstić information content (AvgIpc) is 3.87. The number of hydrogen-bond acceptors (Lipinski definition) is 4. The van der Waals surface area contributed by atoms with E-state index in [1.807, 2.05) is 18.3 Å². The maximum atomic E-state index is 6.87. The van der Waals surface area contributed by atoms with E-state index in [0.29, 0.717) is 11.5 Å². The first kappa shape index (κ1) is 45.7. The molecule has 0 radical (unpaired) electrons. The fourth-order valence-corrected chi connectivity index (χ4v) is 8.71. The summed E-state index contributed by atoms with van der Waals surface area (Å²) < 4.78 is 9.11. The standard InChI is InChI=1S/C59H59N4O.Pt/c1-56(2,3)43-25-28-52-51(34-43)50-27-26-48(37-53(50)63(52)55-35-44(29-30-60-55)57(4,5)6)64-49-32-41(40-19-14-12-15-20-40)31-47(36-49)61-38-54(58(7,8)9)62(39-61)46-24-18-23-45(33-46)59(10,11)42-21-16-13-17-22-42;/h12-35,38-39H,1-11H3;/q-3;. The van der Waals surface area contributed by atoms with Crippen molar-refractivity contribution >= 4 is 33.2 Å². The Morgan fingerprint density at radius 2 is 1.22 bits per heavy atom. The third-order valence-corrected chi connectivity index (χ3v) is 12.7. The Kier molecular flexibility index (Phi) is 12.0. The van der Waals surface area contributed by atoms with Crippen LogP contribution in [0.5, 0.6) is 11.5 Å². The number of fused-ring (bicyclic) bond motifs is 3. The maximum Gasteiger partial charge on any atom is 0.135 e. The molecule has 0 unspecified atom stereocenters. The van der Waals surface area contributed by atoms with Gasteiger partial charge in [0.05, 0.1) is 0 Å². The van der Waals surface area contributed by atoms with Gasteiger partial charge in [-0.1, -0.05) is 167 Å². The second-order valence-electron chi connectivity index (χ2n) is 20.8. The van der Waals surface area contributed by atoms with Crippen LogP contribution in [0.3, 0.4) is 0 Å². The minimum atomic E-state index is -0.178. The molecule has 1 aliphatic rings. The van der Waals surface area contributed by atoms with Crippen molar-refractivity contribution in [1.82, 2.24) is 9.55 Å². The summed E-state index contributed by atoms with van der Waals surface area (Å²) in [4.78, 5) is 9.44. The third-order valence-electron chi connectivity index (χ3n) is 12.7. The van der Waals surface area contributed by atoms with Gasteiger partial charge >= 0.3 is 0 Å². The van der Waals surface area contributed by atoms with E-state index in [2.05, 4.69) is 243 Å². The van der Waals surface area contributed by atoms with Gasteiger partial charge in [-0.15, -0.1) is 53.6 Å². The minimum absolute atomic E-state index is 0. The van der Waals surface area contributed by atoms with E-state index in [4.69, 9.17) is 9.72 Å². The van der Waals surface area contributed by atoms with Crippen LogP contribution in [-0.4, -0.2) is 9.55 Å². The van der Waals surface area contributed by atoms with Gasteiger partial charge in [0.1, 0.15) is 5.82 Å². The van der Waals surface area contributed by atoms with Crippen LogP contribution >= 0.6 is 0 Å². The summed E-state index contributed by atoms with van der Waals surface area (Å²) >= 11 is 0. The molecule has 9 rings (SSSR count). The summed E-state index contributed by atoms with van der Waals surface area (Å²) in [6, 6.07) is 57.2. The van der Waals surface area contributed by atoms with E-state index in [1.165, 1.54) is 28.0 Å². The minimum Gasteiger partial charge on any atom is -0.509 e. The molecule has 0 atom stereocenters. The van der Waals surface area contributed by atoms with Crippen LogP contribution in [-0.2, 0) is 37.3 Å². The molecular weight excluding hydrogens is 976 g/mol. The Labute approximate surface area is 401 Å². The Hall–Kier alpha value is -5.90. The number of ether oxygens (including phenoxy) is 1. The monoisotopic (exact) mass is 1030 g/mol. The number of anilines is 2. The zero-order chi connectivity index (χ0) is 45.2. The van der Waals surface area contributed by atoms with Crippen LogP contribution in [0, 0.1) is 24.2 Å². The predicted octanol–water partition coefficient (Wildman–Crippen LogP) is 15.5. The average molecular weight is 1040 g/mol. The normalized spacial score (nSPS) is 13.6. The van der Waals surface area contributed by atoms with Crippen LogP contribution in [0.2, 0.25) is 0 Å². The Bertz CT molecular complexity index is 3030. The quantitative estimate of drug-likeness (QED) is 0.142. The van der Waals surface area contributed by atoms with Crippen LogP contribution in [0.4, 0.5) is 11.4 Å². The number of rotatable bonds is 8. The van der Waals surface area contributed by atoms with Crippen molar-refractivity contribution in [2.45, 2.75) is 92.4 Å². The summed E-state index contributed by atoms with van der Waals surface area (Å²) in [6.45, 7) is 27.1. The summed E-state index contributed by atoms with van der Waals surface area (Å²) in [5.41, 5.74) is 11.9. The van der Waals surface area contributed by atoms with Crippen molar-refractivity contribution in [3.8, 4) is 28.4 Å². The molecule has 0 N–H and O–H groups in total. The van der Waals surface area contributed by atoms with Gasteiger partial charge in [0, 0.05) is 66.5 Å². The summed E-state index contributed by atoms with van der Waals surface area (Å²) in [5, 5.41) is 2.26. The van der Waals surface area contributed by atoms with Crippen molar-refractivity contribution < 1.29 is 25.8 Å². The molecule has 0 spiro atoms. The molecule has 8 aromatic rings. The fraction of sp³-hybridized carbons (Fsp3) is 0.254. The van der Waals surface area contributed by atoms with Gasteiger partial charge in [-0.3, -0.25) is 0 Å². The molecule has 0 aliphatic carbocycles. The molecule has 3 heterocycles. The van der Waals surface area contributed by atoms with Crippen molar-refractivity contribution in [2.75, 3.05) is 9.80 Å². The van der Waals surface area contributed by atoms with E-state index in [0.717, 1.165) is 50.1 Å². The maximum absolute atomic E-state index is 6.87. The predicted molar refractivity (Wildman–Crippen MR) is 267 cm³/mol. The number of nitrogens with zero attached hydrogens (tertiary/aromatic N) is 4. The van der Waals surface area contributed by atoms with Gasteiger partial charge in [0.2, 0.25) is 0 Å². The molecule has 0 saturated carbocycles. The number of pyridine rings is 1. The van der Waals surface area contributed by atoms with E-state index in [1.54, 1.807) is 0 Å². The zero-order valence-corrected chi connectivity index (χ0v) is 41.8. The van der Waals surface area contributed by atoms with Crippen LogP contribution < -0.4 is 14.5 Å². The van der Waals surface area contributed by atoms with E-state index < -0.39 is 0 Å². The largest absolute Gasteiger partial charge is 0.509 e. The molecule has 1 aliphatic heterocycles. The fourth-order valence-electron chi connectivity index (χ4n) is 8.71. The first-order valence-electron chi connectivity index (χ1n) is 22.4. The molecule has 2 aromatic heterocycles. The Morgan fingerprint density at radius 1 is 0.538 bits per heavy atom. The zero-order valence-electron chi connectivity index (χ0n) is 39.5. The first-order chi connectivity index (χ1) is 30.3. The van der Waals surface area contributed by atoms with Gasteiger partial charge < -0.3 is 19.1 Å². The number of hydrogen-bond donors (Lipinski definition) is 0. The number of allylic oxidation sites excluding steroid dienone is 1. The molecule has 6 aromatic carbocycles. The first-order valence-corrected chi connectivity index (χ1v) is 22.4. The van der Waals surface area contributed by atoms with Crippen molar-refractivity contribution in [2.24, 2.45) is 5.41 Å². The summed E-state index contributed by atoms with van der Waals surface area (Å²) in [5.74, 6) is 2.05. The topological polar surface area (TPSA) is 33.5 Å². The smallest absolute Gasteiger partial charge is 0.135 e. The third kappa shape index (κ3) is 9.05. The van der Waals surface area contributed by atoms with Gasteiger partial charge in [-0.25, -0.2) is 4.98 Å². The second-order valence-corrected chi connectivity index (χ2v) is 20.8. The Balaban J connectivity index is 0.00000576. The van der Waals surface area contributed by atoms with Crippen LogP contribution in [0.1, 0.15) is 98.4 Å². The molecule has 334 valence electrons. The second kappa shape index (κ2) is 17.1. The van der Waals surface area contributed by atoms with Crippen molar-refractivity contribution in [3.05, 3.63) is 199 Å². The molecule has 0 saturated heterocycles. The van der Waals surface area contributed by atoms with Gasteiger partial charge in [-0.05, 0) is 80.6 Å². The van der Waals surface area contributed by atoms with Crippen molar-refractivity contribution in [3.63, 3.8) is 0 Å². The SMILES string of the molecule is CC(C)(C)C1=CN(c2[c-]c(Oc3[c-]c4c(cc3)c3cc(C(C)(C)C)ccc3n4-c3cc(C(C)(C)C)ccn3)cc(-c3ccccc3)c2)[CH-]N1c1cccc(C(C)(C)c2ccccc2)c1.[Pt]. The molecule has 65 heavy (non-hydrogen) atoms.